The highest BCUT2D eigenvalue weighted by Gasteiger charge is 2.30. The van der Waals surface area contributed by atoms with E-state index in [4.69, 9.17) is 14.5 Å². The molecule has 7 heteroatoms. The maximum Gasteiger partial charge on any atom is 0.139 e. The predicted octanol–water partition coefficient (Wildman–Crippen LogP) is 4.14. The van der Waals surface area contributed by atoms with Crippen LogP contribution in [0.3, 0.4) is 0 Å². The second kappa shape index (κ2) is 12.6. The Kier molecular flexibility index (Phi) is 9.26. The summed E-state index contributed by atoms with van der Waals surface area (Å²) in [7, 11) is 6.32. The van der Waals surface area contributed by atoms with E-state index >= 15 is 0 Å². The molecule has 1 unspecified atom stereocenters. The van der Waals surface area contributed by atoms with Crippen molar-refractivity contribution in [2.45, 2.75) is 25.9 Å². The average Bonchev–Trinajstić information content (AvgIpc) is 2.88. The molecule has 0 spiro atoms. The number of rotatable bonds is 9. The summed E-state index contributed by atoms with van der Waals surface area (Å²) in [5.74, 6) is 0.950. The van der Waals surface area contributed by atoms with Crippen LogP contribution in [0.4, 0.5) is 0 Å². The summed E-state index contributed by atoms with van der Waals surface area (Å²) < 4.78 is 12.4. The summed E-state index contributed by atoms with van der Waals surface area (Å²) >= 11 is 0. The fourth-order valence-corrected chi connectivity index (χ4v) is 5.07. The summed E-state index contributed by atoms with van der Waals surface area (Å²) in [5.41, 5.74) is 4.50. The lowest BCUT2D eigenvalue weighted by atomic mass is 9.92. The van der Waals surface area contributed by atoms with Gasteiger partial charge in [0.1, 0.15) is 12.6 Å². The summed E-state index contributed by atoms with van der Waals surface area (Å²) in [4.78, 5) is 16.3. The molecule has 2 aliphatic heterocycles. The topological polar surface area (TPSA) is 52.9 Å². The molecule has 194 valence electrons. The standard InChI is InChI=1S/C29H41N5O2/c1-22-9-6-10-23-11-7-12-24(28(22)23)27-19-26(30-2)25(20-36-27)29(34-16-14-33(5)15-17-34)31-21-35-18-8-13-32(3)4/h6-7,9-12,27H,2,8,13-21H2,1,3-5H3. The fraction of sp³-hybridized carbons (Fsp3) is 0.517. The van der Waals surface area contributed by atoms with Crippen LogP contribution < -0.4 is 0 Å². The van der Waals surface area contributed by atoms with E-state index in [9.17, 15) is 0 Å². The fourth-order valence-electron chi connectivity index (χ4n) is 5.07. The molecule has 0 amide bonds. The first kappa shape index (κ1) is 26.5. The van der Waals surface area contributed by atoms with Gasteiger partial charge in [0.05, 0.1) is 25.0 Å². The number of aryl methyl sites for hydroxylation is 1. The molecule has 4 rings (SSSR count). The van der Waals surface area contributed by atoms with Crippen molar-refractivity contribution in [1.82, 2.24) is 14.7 Å². The van der Waals surface area contributed by atoms with Gasteiger partial charge in [-0.05, 0) is 69.6 Å². The van der Waals surface area contributed by atoms with Gasteiger partial charge in [-0.25, -0.2) is 4.99 Å². The van der Waals surface area contributed by atoms with Crippen molar-refractivity contribution >= 4 is 23.3 Å². The quantitative estimate of drug-likeness (QED) is 0.300. The van der Waals surface area contributed by atoms with E-state index in [1.807, 2.05) is 0 Å². The Morgan fingerprint density at radius 2 is 1.89 bits per heavy atom. The van der Waals surface area contributed by atoms with Crippen LogP contribution in [-0.2, 0) is 9.47 Å². The number of likely N-dealkylation sites (N-methyl/N-ethyl adjacent to an activating group) is 1. The van der Waals surface area contributed by atoms with Gasteiger partial charge in [-0.1, -0.05) is 36.4 Å². The van der Waals surface area contributed by atoms with Crippen molar-refractivity contribution in [3.63, 3.8) is 0 Å². The minimum Gasteiger partial charge on any atom is -0.368 e. The molecule has 1 saturated heterocycles. The lowest BCUT2D eigenvalue weighted by molar-refractivity contribution is 0.0601. The molecule has 2 heterocycles. The van der Waals surface area contributed by atoms with Crippen LogP contribution in [0, 0.1) is 6.92 Å². The van der Waals surface area contributed by atoms with E-state index in [0.29, 0.717) is 26.4 Å². The van der Waals surface area contributed by atoms with Crippen molar-refractivity contribution in [3.05, 3.63) is 58.8 Å². The second-order valence-corrected chi connectivity index (χ2v) is 10.1. The van der Waals surface area contributed by atoms with Crippen LogP contribution in [0.15, 0.2) is 57.7 Å². The normalized spacial score (nSPS) is 20.0. The smallest absolute Gasteiger partial charge is 0.139 e. The third kappa shape index (κ3) is 6.40. The van der Waals surface area contributed by atoms with Gasteiger partial charge in [0.15, 0.2) is 0 Å². The summed E-state index contributed by atoms with van der Waals surface area (Å²) in [5, 5.41) is 2.51. The molecule has 7 nitrogen and oxygen atoms in total. The maximum absolute atomic E-state index is 6.53. The largest absolute Gasteiger partial charge is 0.368 e. The minimum absolute atomic E-state index is 0.0601. The molecule has 0 aromatic heterocycles. The van der Waals surface area contributed by atoms with E-state index in [1.165, 1.54) is 21.9 Å². The number of nitrogens with zero attached hydrogens (tertiary/aromatic N) is 5. The van der Waals surface area contributed by atoms with Gasteiger partial charge in [0.2, 0.25) is 0 Å². The number of piperazine rings is 1. The summed E-state index contributed by atoms with van der Waals surface area (Å²) in [6.45, 7) is 12.5. The number of amidine groups is 1. The molecule has 2 aliphatic rings. The molecule has 2 aromatic rings. The molecule has 2 aromatic carbocycles. The van der Waals surface area contributed by atoms with Gasteiger partial charge in [0, 0.05) is 38.2 Å². The van der Waals surface area contributed by atoms with E-state index in [-0.39, 0.29) is 6.10 Å². The number of benzene rings is 2. The number of hydrogen-bond acceptors (Lipinski definition) is 6. The van der Waals surface area contributed by atoms with Crippen LogP contribution in [0.25, 0.3) is 10.8 Å². The Morgan fingerprint density at radius 1 is 1.14 bits per heavy atom. The van der Waals surface area contributed by atoms with E-state index in [1.54, 1.807) is 0 Å². The molecule has 0 radical (unpaired) electrons. The van der Waals surface area contributed by atoms with Crippen LogP contribution in [0.2, 0.25) is 0 Å². The highest BCUT2D eigenvalue weighted by atomic mass is 16.5. The highest BCUT2D eigenvalue weighted by molar-refractivity contribution is 5.99. The van der Waals surface area contributed by atoms with Crippen molar-refractivity contribution in [2.75, 3.05) is 73.8 Å². The Bertz CT molecular complexity index is 1100. The molecular formula is C29H41N5O2. The zero-order valence-electron chi connectivity index (χ0n) is 22.4. The van der Waals surface area contributed by atoms with Crippen molar-refractivity contribution in [3.8, 4) is 0 Å². The van der Waals surface area contributed by atoms with Crippen LogP contribution >= 0.6 is 0 Å². The Labute approximate surface area is 216 Å². The predicted molar refractivity (Wildman–Crippen MR) is 149 cm³/mol. The maximum atomic E-state index is 6.53. The molecule has 1 fully saturated rings. The Morgan fingerprint density at radius 3 is 2.61 bits per heavy atom. The Balaban J connectivity index is 1.57. The minimum atomic E-state index is -0.0601. The van der Waals surface area contributed by atoms with Crippen molar-refractivity contribution in [1.29, 1.82) is 0 Å². The molecular weight excluding hydrogens is 450 g/mol. The van der Waals surface area contributed by atoms with Crippen molar-refractivity contribution in [2.24, 2.45) is 9.98 Å². The summed E-state index contributed by atoms with van der Waals surface area (Å²) in [6, 6.07) is 12.9. The number of hydrogen-bond donors (Lipinski definition) is 0. The van der Waals surface area contributed by atoms with Gasteiger partial charge < -0.3 is 24.2 Å². The SMILES string of the molecule is C=NC1=C(C(=NCOCCCN(C)C)N2CCN(C)CC2)COC(c2cccc3cccc(C)c23)C1. The lowest BCUT2D eigenvalue weighted by Gasteiger charge is -2.37. The zero-order chi connectivity index (χ0) is 25.5. The van der Waals surface area contributed by atoms with Crippen LogP contribution in [-0.4, -0.2) is 101 Å². The van der Waals surface area contributed by atoms with Gasteiger partial charge in [0.25, 0.3) is 0 Å². The van der Waals surface area contributed by atoms with Gasteiger partial charge >= 0.3 is 0 Å². The molecule has 36 heavy (non-hydrogen) atoms. The molecule has 0 bridgehead atoms. The average molecular weight is 492 g/mol. The van der Waals surface area contributed by atoms with E-state index in [2.05, 4.69) is 90.9 Å². The van der Waals surface area contributed by atoms with E-state index < -0.39 is 0 Å². The van der Waals surface area contributed by atoms with Gasteiger partial charge in [-0.3, -0.25) is 4.99 Å². The monoisotopic (exact) mass is 491 g/mol. The summed E-state index contributed by atoms with van der Waals surface area (Å²) in [6.07, 6.45) is 1.61. The molecule has 0 aliphatic carbocycles. The first-order valence-corrected chi connectivity index (χ1v) is 13.0. The lowest BCUT2D eigenvalue weighted by Crippen LogP contribution is -2.48. The van der Waals surface area contributed by atoms with Crippen LogP contribution in [0.1, 0.15) is 30.1 Å². The number of fused-ring (bicyclic) bond motifs is 1. The van der Waals surface area contributed by atoms with E-state index in [0.717, 1.165) is 56.3 Å². The molecule has 1 atom stereocenters. The highest BCUT2D eigenvalue weighted by Crippen LogP contribution is 2.37. The zero-order valence-corrected chi connectivity index (χ0v) is 22.4. The second-order valence-electron chi connectivity index (χ2n) is 10.1. The Hall–Kier alpha value is -2.58. The molecule has 0 N–H and O–H groups in total. The first-order valence-electron chi connectivity index (χ1n) is 13.0. The van der Waals surface area contributed by atoms with Gasteiger partial charge in [-0.2, -0.15) is 0 Å². The number of ether oxygens (including phenoxy) is 2. The first-order chi connectivity index (χ1) is 17.5. The molecule has 0 saturated carbocycles. The third-order valence-electron chi connectivity index (χ3n) is 7.11. The van der Waals surface area contributed by atoms with Crippen molar-refractivity contribution < 1.29 is 9.47 Å². The number of aliphatic imine (C=N–C) groups is 2. The van der Waals surface area contributed by atoms with Crippen LogP contribution in [0.5, 0.6) is 0 Å². The van der Waals surface area contributed by atoms with Gasteiger partial charge in [-0.15, -0.1) is 0 Å². The third-order valence-corrected chi connectivity index (χ3v) is 7.11.